The number of carbonyl (C=O) groups excluding carboxylic acids is 1. The van der Waals surface area contributed by atoms with Gasteiger partial charge in [0.15, 0.2) is 0 Å². The molecule has 2 aromatic heterocycles. The van der Waals surface area contributed by atoms with Crippen molar-refractivity contribution >= 4 is 23.0 Å². The number of fused-ring (bicyclic) bond motifs is 1. The molecule has 3 N–H and O–H groups in total. The molecule has 0 bridgehead atoms. The number of hydrogen-bond donors (Lipinski definition) is 3. The van der Waals surface area contributed by atoms with Crippen LogP contribution < -0.4 is 16.0 Å². The molecule has 0 spiro atoms. The molecule has 0 radical (unpaired) electrons. The van der Waals surface area contributed by atoms with Crippen LogP contribution in [-0.2, 0) is 6.54 Å². The molecule has 0 atom stereocenters. The van der Waals surface area contributed by atoms with Gasteiger partial charge >= 0.3 is 6.03 Å². The number of aromatic nitrogens is 2. The van der Waals surface area contributed by atoms with E-state index in [1.54, 1.807) is 7.05 Å². The number of nitrogens with one attached hydrogen (secondary N) is 3. The molecule has 2 amide bonds. The number of para-hydroxylation sites is 2. The highest BCUT2D eigenvalue weighted by atomic mass is 16.3. The first kappa shape index (κ1) is 20.3. The molecule has 8 nitrogen and oxygen atoms in total. The zero-order valence-corrected chi connectivity index (χ0v) is 17.6. The maximum absolute atomic E-state index is 11.3. The molecular weight excluding hydrogens is 380 g/mol. The third-order valence-corrected chi connectivity index (χ3v) is 5.63. The second kappa shape index (κ2) is 9.21. The molecule has 4 rings (SSSR count). The normalized spacial score (nSPS) is 15.4. The fraction of sp³-hybridized carbons (Fsp3) is 0.455. The van der Waals surface area contributed by atoms with Crippen molar-refractivity contribution in [3.05, 3.63) is 47.9 Å². The van der Waals surface area contributed by atoms with E-state index in [0.29, 0.717) is 19.1 Å². The van der Waals surface area contributed by atoms with Gasteiger partial charge in [-0.2, -0.15) is 0 Å². The van der Waals surface area contributed by atoms with Gasteiger partial charge < -0.3 is 29.8 Å². The molecule has 3 heterocycles. The van der Waals surface area contributed by atoms with Gasteiger partial charge in [-0.15, -0.1) is 0 Å². The first-order chi connectivity index (χ1) is 14.6. The number of imidazole rings is 1. The van der Waals surface area contributed by atoms with E-state index in [1.165, 1.54) is 0 Å². The average Bonchev–Trinajstić information content (AvgIpc) is 3.32. The predicted molar refractivity (Wildman–Crippen MR) is 118 cm³/mol. The fourth-order valence-electron chi connectivity index (χ4n) is 3.97. The van der Waals surface area contributed by atoms with Crippen LogP contribution in [0.4, 0.5) is 10.7 Å². The molecule has 1 aromatic carbocycles. The number of hydrogen-bond acceptors (Lipinski definition) is 5. The van der Waals surface area contributed by atoms with Crippen LogP contribution in [0.25, 0.3) is 11.0 Å². The van der Waals surface area contributed by atoms with E-state index in [-0.39, 0.29) is 6.03 Å². The Balaban J connectivity index is 1.39. The number of anilines is 1. The summed E-state index contributed by atoms with van der Waals surface area (Å²) in [5.41, 5.74) is 2.09. The molecule has 0 aliphatic carbocycles. The first-order valence-corrected chi connectivity index (χ1v) is 10.6. The number of urea groups is 1. The maximum atomic E-state index is 11.3. The van der Waals surface area contributed by atoms with Crippen molar-refractivity contribution in [1.82, 2.24) is 25.1 Å². The Bertz CT molecular complexity index is 987. The standard InChI is InChI=1S/C22H30N6O2/c1-16-7-8-18(30-16)15-28-20-6-4-3-5-19(20)26-21(28)25-17-9-12-27(13-10-17)14-11-24-22(29)23-2/h3-8,17H,9-15H2,1-2H3,(H,25,26)(H2,23,24,29). The van der Waals surface area contributed by atoms with E-state index in [2.05, 4.69) is 31.5 Å². The molecular formula is C22H30N6O2. The van der Waals surface area contributed by atoms with Crippen LogP contribution >= 0.6 is 0 Å². The lowest BCUT2D eigenvalue weighted by Gasteiger charge is -2.32. The zero-order valence-electron chi connectivity index (χ0n) is 17.6. The monoisotopic (exact) mass is 410 g/mol. The van der Waals surface area contributed by atoms with Gasteiger partial charge in [0.05, 0.1) is 17.6 Å². The van der Waals surface area contributed by atoms with Crippen LogP contribution in [0.2, 0.25) is 0 Å². The second-order valence-corrected chi connectivity index (χ2v) is 7.79. The molecule has 30 heavy (non-hydrogen) atoms. The summed E-state index contributed by atoms with van der Waals surface area (Å²) in [7, 11) is 1.63. The van der Waals surface area contributed by atoms with Crippen molar-refractivity contribution in [3.63, 3.8) is 0 Å². The van der Waals surface area contributed by atoms with Gasteiger partial charge in [0, 0.05) is 39.3 Å². The van der Waals surface area contributed by atoms with Gasteiger partial charge in [-0.05, 0) is 44.0 Å². The molecule has 8 heteroatoms. The summed E-state index contributed by atoms with van der Waals surface area (Å²) in [6, 6.07) is 12.5. The first-order valence-electron chi connectivity index (χ1n) is 10.6. The molecule has 1 fully saturated rings. The van der Waals surface area contributed by atoms with Crippen LogP contribution in [0.5, 0.6) is 0 Å². The predicted octanol–water partition coefficient (Wildman–Crippen LogP) is 2.79. The Morgan fingerprint density at radius 1 is 1.20 bits per heavy atom. The summed E-state index contributed by atoms with van der Waals surface area (Å²) in [5, 5.41) is 9.10. The van der Waals surface area contributed by atoms with Gasteiger partial charge in [-0.3, -0.25) is 0 Å². The average molecular weight is 411 g/mol. The van der Waals surface area contributed by atoms with Crippen molar-refractivity contribution in [2.24, 2.45) is 0 Å². The van der Waals surface area contributed by atoms with E-state index >= 15 is 0 Å². The van der Waals surface area contributed by atoms with Gasteiger partial charge in [-0.1, -0.05) is 12.1 Å². The number of furan rings is 1. The lowest BCUT2D eigenvalue weighted by Crippen LogP contribution is -2.44. The summed E-state index contributed by atoms with van der Waals surface area (Å²) in [6.07, 6.45) is 2.09. The topological polar surface area (TPSA) is 87.4 Å². The van der Waals surface area contributed by atoms with Crippen LogP contribution in [0, 0.1) is 6.92 Å². The number of piperidine rings is 1. The molecule has 3 aromatic rings. The molecule has 1 aliphatic heterocycles. The summed E-state index contributed by atoms with van der Waals surface area (Å²) in [4.78, 5) is 18.5. The molecule has 160 valence electrons. The third-order valence-electron chi connectivity index (χ3n) is 5.63. The van der Waals surface area contributed by atoms with Crippen LogP contribution in [0.3, 0.4) is 0 Å². The van der Waals surface area contributed by atoms with Crippen molar-refractivity contribution in [2.45, 2.75) is 32.4 Å². The Morgan fingerprint density at radius 2 is 2.00 bits per heavy atom. The third kappa shape index (κ3) is 4.76. The van der Waals surface area contributed by atoms with Crippen LogP contribution in [-0.4, -0.2) is 59.8 Å². The summed E-state index contributed by atoms with van der Waals surface area (Å²) < 4.78 is 8.01. The van der Waals surface area contributed by atoms with Crippen molar-refractivity contribution in [1.29, 1.82) is 0 Å². The van der Waals surface area contributed by atoms with E-state index < -0.39 is 0 Å². The molecule has 1 aliphatic rings. The second-order valence-electron chi connectivity index (χ2n) is 7.79. The minimum Gasteiger partial charge on any atom is -0.464 e. The van der Waals surface area contributed by atoms with Gasteiger partial charge in [0.2, 0.25) is 5.95 Å². The Labute approximate surface area is 176 Å². The lowest BCUT2D eigenvalue weighted by atomic mass is 10.1. The number of nitrogens with zero attached hydrogens (tertiary/aromatic N) is 3. The van der Waals surface area contributed by atoms with Crippen molar-refractivity contribution < 1.29 is 9.21 Å². The van der Waals surface area contributed by atoms with E-state index in [1.807, 2.05) is 37.3 Å². The van der Waals surface area contributed by atoms with Crippen molar-refractivity contribution in [2.75, 3.05) is 38.5 Å². The van der Waals surface area contributed by atoms with Gasteiger partial charge in [0.25, 0.3) is 0 Å². The minimum atomic E-state index is -0.128. The van der Waals surface area contributed by atoms with Gasteiger partial charge in [0.1, 0.15) is 11.5 Å². The highest BCUT2D eigenvalue weighted by Gasteiger charge is 2.21. The summed E-state index contributed by atoms with van der Waals surface area (Å²) >= 11 is 0. The number of benzene rings is 1. The summed E-state index contributed by atoms with van der Waals surface area (Å²) in [6.45, 7) is 6.16. The molecule has 0 saturated carbocycles. The lowest BCUT2D eigenvalue weighted by molar-refractivity contribution is 0.214. The highest BCUT2D eigenvalue weighted by Crippen LogP contribution is 2.24. The smallest absolute Gasteiger partial charge is 0.314 e. The Morgan fingerprint density at radius 3 is 2.73 bits per heavy atom. The minimum absolute atomic E-state index is 0.128. The van der Waals surface area contributed by atoms with Crippen molar-refractivity contribution in [3.8, 4) is 0 Å². The van der Waals surface area contributed by atoms with Crippen LogP contribution in [0.15, 0.2) is 40.8 Å². The maximum Gasteiger partial charge on any atom is 0.314 e. The number of aryl methyl sites for hydroxylation is 1. The fourth-order valence-corrected chi connectivity index (χ4v) is 3.97. The largest absolute Gasteiger partial charge is 0.464 e. The quantitative estimate of drug-likeness (QED) is 0.558. The van der Waals surface area contributed by atoms with Gasteiger partial charge in [-0.25, -0.2) is 9.78 Å². The van der Waals surface area contributed by atoms with Crippen LogP contribution in [0.1, 0.15) is 24.4 Å². The number of likely N-dealkylation sites (tertiary alicyclic amines) is 1. The Kier molecular flexibility index (Phi) is 6.23. The number of carbonyl (C=O) groups is 1. The Hall–Kier alpha value is -3.00. The van der Waals surface area contributed by atoms with E-state index in [0.717, 1.165) is 61.0 Å². The molecule has 0 unspecified atom stereocenters. The molecule has 1 saturated heterocycles. The van der Waals surface area contributed by atoms with E-state index in [9.17, 15) is 4.79 Å². The summed E-state index contributed by atoms with van der Waals surface area (Å²) in [5.74, 6) is 2.74. The van der Waals surface area contributed by atoms with E-state index in [4.69, 9.17) is 9.40 Å². The number of amides is 2. The zero-order chi connectivity index (χ0) is 20.9. The SMILES string of the molecule is CNC(=O)NCCN1CCC(Nc2nc3ccccc3n2Cc2ccc(C)o2)CC1. The highest BCUT2D eigenvalue weighted by molar-refractivity contribution is 5.78. The number of rotatable bonds is 7.